The molecule has 0 aromatic carbocycles. The van der Waals surface area contributed by atoms with Crippen LogP contribution in [0.1, 0.15) is 71.1 Å². The Labute approximate surface area is 170 Å². The summed E-state index contributed by atoms with van der Waals surface area (Å²) >= 11 is 0. The Bertz CT molecular complexity index is 581. The Morgan fingerprint density at radius 2 is 2.11 bits per heavy atom. The summed E-state index contributed by atoms with van der Waals surface area (Å²) in [5.41, 5.74) is 1.48. The van der Waals surface area contributed by atoms with Gasteiger partial charge in [-0.25, -0.2) is 0 Å². The third kappa shape index (κ3) is 5.27. The van der Waals surface area contributed by atoms with Gasteiger partial charge in [0.05, 0.1) is 19.3 Å². The van der Waals surface area contributed by atoms with Crippen molar-refractivity contribution < 1.29 is 19.7 Å². The number of rotatable bonds is 8. The maximum atomic E-state index is 11.2. The number of fused-ring (bicyclic) bond motifs is 1. The van der Waals surface area contributed by atoms with Crippen molar-refractivity contribution in [2.24, 2.45) is 29.6 Å². The van der Waals surface area contributed by atoms with Crippen molar-refractivity contribution in [3.8, 4) is 0 Å². The molecule has 0 heterocycles. The van der Waals surface area contributed by atoms with Gasteiger partial charge >= 0.3 is 5.97 Å². The maximum absolute atomic E-state index is 11.2. The number of esters is 1. The molecule has 28 heavy (non-hydrogen) atoms. The number of aliphatic hydroxyl groups excluding tert-OH is 2. The third-order valence-corrected chi connectivity index (χ3v) is 7.53. The molecule has 0 radical (unpaired) electrons. The summed E-state index contributed by atoms with van der Waals surface area (Å²) in [5, 5.41) is 21.1. The molecule has 0 spiro atoms. The molecule has 0 amide bonds. The van der Waals surface area contributed by atoms with Crippen molar-refractivity contribution in [2.75, 3.05) is 7.11 Å². The van der Waals surface area contributed by atoms with Crippen molar-refractivity contribution in [3.05, 3.63) is 23.8 Å². The average Bonchev–Trinajstić information content (AvgIpc) is 3.38. The van der Waals surface area contributed by atoms with Gasteiger partial charge in [-0.3, -0.25) is 4.79 Å². The molecule has 3 aliphatic rings. The summed E-state index contributed by atoms with van der Waals surface area (Å²) < 4.78 is 4.69. The second kappa shape index (κ2) is 10.1. The second-order valence-corrected chi connectivity index (χ2v) is 9.27. The lowest BCUT2D eigenvalue weighted by molar-refractivity contribution is -0.140. The molecule has 3 rings (SSSR count). The van der Waals surface area contributed by atoms with E-state index in [2.05, 4.69) is 23.8 Å². The zero-order chi connectivity index (χ0) is 20.1. The van der Waals surface area contributed by atoms with E-state index in [0.717, 1.165) is 50.9 Å². The van der Waals surface area contributed by atoms with Crippen LogP contribution in [0.5, 0.6) is 0 Å². The second-order valence-electron chi connectivity index (χ2n) is 9.27. The standard InChI is InChI=1S/C24H38O4/c1-3-16-8-9-18(12-16)22(25)11-10-20-21-14-17(13-19(21)15-23(20)26)6-4-5-7-24(27)28-2/h6,10-11,16,18-23,25-26H,3-5,7-9,12-15H2,1-2H3/t16?,18?,19-,20-,21+,22+,23-/m1/s1. The Balaban J connectivity index is 1.50. The number of ether oxygens (including phenoxy) is 1. The van der Waals surface area contributed by atoms with Crippen LogP contribution in [0, 0.1) is 29.6 Å². The van der Waals surface area contributed by atoms with Gasteiger partial charge < -0.3 is 14.9 Å². The lowest BCUT2D eigenvalue weighted by atomic mass is 9.89. The van der Waals surface area contributed by atoms with Crippen LogP contribution in [-0.2, 0) is 9.53 Å². The van der Waals surface area contributed by atoms with Gasteiger partial charge in [0.15, 0.2) is 0 Å². The first-order valence-electron chi connectivity index (χ1n) is 11.3. The number of hydrogen-bond donors (Lipinski definition) is 2. The molecule has 7 atom stereocenters. The molecule has 0 saturated heterocycles. The van der Waals surface area contributed by atoms with Gasteiger partial charge in [-0.1, -0.05) is 43.6 Å². The molecule has 4 heteroatoms. The number of methoxy groups -OCH3 is 1. The highest BCUT2D eigenvalue weighted by Gasteiger charge is 2.45. The third-order valence-electron chi connectivity index (χ3n) is 7.53. The molecular formula is C24H38O4. The first kappa shape index (κ1) is 21.6. The minimum absolute atomic E-state index is 0.138. The van der Waals surface area contributed by atoms with Gasteiger partial charge in [-0.15, -0.1) is 0 Å². The number of aliphatic hydroxyl groups is 2. The monoisotopic (exact) mass is 390 g/mol. The number of hydrogen-bond acceptors (Lipinski definition) is 4. The van der Waals surface area contributed by atoms with Gasteiger partial charge in [-0.2, -0.15) is 0 Å². The van der Waals surface area contributed by atoms with E-state index in [1.54, 1.807) is 0 Å². The molecule has 0 aromatic rings. The number of unbranched alkanes of at least 4 members (excludes halogenated alkanes) is 1. The van der Waals surface area contributed by atoms with Crippen LogP contribution in [0.2, 0.25) is 0 Å². The predicted octanol–water partition coefficient (Wildman–Crippen LogP) is 4.41. The molecule has 3 fully saturated rings. The van der Waals surface area contributed by atoms with Crippen LogP contribution in [-0.4, -0.2) is 35.5 Å². The molecule has 3 saturated carbocycles. The number of allylic oxidation sites excluding steroid dienone is 2. The van der Waals surface area contributed by atoms with Gasteiger partial charge in [-0.05, 0) is 68.6 Å². The Kier molecular flexibility index (Phi) is 7.76. The molecule has 4 nitrogen and oxygen atoms in total. The predicted molar refractivity (Wildman–Crippen MR) is 111 cm³/mol. The van der Waals surface area contributed by atoms with E-state index in [1.807, 2.05) is 6.08 Å². The van der Waals surface area contributed by atoms with Crippen LogP contribution in [0.4, 0.5) is 0 Å². The van der Waals surface area contributed by atoms with E-state index in [4.69, 9.17) is 0 Å². The first-order valence-corrected chi connectivity index (χ1v) is 11.3. The minimum atomic E-state index is -0.363. The normalized spacial score (nSPS) is 37.6. The molecule has 0 aliphatic heterocycles. The van der Waals surface area contributed by atoms with Crippen LogP contribution >= 0.6 is 0 Å². The van der Waals surface area contributed by atoms with Crippen LogP contribution < -0.4 is 0 Å². The topological polar surface area (TPSA) is 66.8 Å². The lowest BCUT2D eigenvalue weighted by Crippen LogP contribution is -2.19. The van der Waals surface area contributed by atoms with Crippen molar-refractivity contribution in [1.29, 1.82) is 0 Å². The van der Waals surface area contributed by atoms with Gasteiger partial charge in [0.2, 0.25) is 0 Å². The van der Waals surface area contributed by atoms with Crippen molar-refractivity contribution in [2.45, 2.75) is 83.3 Å². The smallest absolute Gasteiger partial charge is 0.305 e. The summed E-state index contributed by atoms with van der Waals surface area (Å²) in [6.45, 7) is 2.24. The van der Waals surface area contributed by atoms with Crippen LogP contribution in [0.25, 0.3) is 0 Å². The summed E-state index contributed by atoms with van der Waals surface area (Å²) in [4.78, 5) is 11.2. The molecular weight excluding hydrogens is 352 g/mol. The van der Waals surface area contributed by atoms with E-state index in [9.17, 15) is 15.0 Å². The zero-order valence-corrected chi connectivity index (χ0v) is 17.6. The summed E-state index contributed by atoms with van der Waals surface area (Å²) in [6, 6.07) is 0. The SMILES string of the molecule is CCC1CCC([C@@H](O)C=C[C@@H]2[C@H]3CC(=CCCCC(=O)OC)C[C@@H]3C[C@H]2O)C1. The van der Waals surface area contributed by atoms with E-state index in [1.165, 1.54) is 25.5 Å². The molecule has 3 aliphatic carbocycles. The van der Waals surface area contributed by atoms with Crippen molar-refractivity contribution in [1.82, 2.24) is 0 Å². The fourth-order valence-corrected chi connectivity index (χ4v) is 5.79. The summed E-state index contributed by atoms with van der Waals surface area (Å²) in [6.07, 6.45) is 15.7. The van der Waals surface area contributed by atoms with Gasteiger partial charge in [0.25, 0.3) is 0 Å². The van der Waals surface area contributed by atoms with Crippen molar-refractivity contribution >= 4 is 5.97 Å². The Morgan fingerprint density at radius 3 is 2.82 bits per heavy atom. The summed E-state index contributed by atoms with van der Waals surface area (Å²) in [5.74, 6) is 2.26. The van der Waals surface area contributed by atoms with Crippen LogP contribution in [0.15, 0.2) is 23.8 Å². The molecule has 158 valence electrons. The first-order chi connectivity index (χ1) is 13.5. The van der Waals surface area contributed by atoms with Gasteiger partial charge in [0, 0.05) is 12.3 Å². The summed E-state index contributed by atoms with van der Waals surface area (Å²) in [7, 11) is 1.43. The quantitative estimate of drug-likeness (QED) is 0.366. The molecule has 2 unspecified atom stereocenters. The van der Waals surface area contributed by atoms with E-state index in [0.29, 0.717) is 24.2 Å². The fraction of sp³-hybridized carbons (Fsp3) is 0.792. The zero-order valence-electron chi connectivity index (χ0n) is 17.6. The molecule has 0 bridgehead atoms. The highest BCUT2D eigenvalue weighted by Crippen LogP contribution is 2.50. The Morgan fingerprint density at radius 1 is 1.29 bits per heavy atom. The average molecular weight is 391 g/mol. The van der Waals surface area contributed by atoms with Gasteiger partial charge in [0.1, 0.15) is 0 Å². The largest absolute Gasteiger partial charge is 0.469 e. The fourth-order valence-electron chi connectivity index (χ4n) is 5.79. The molecule has 2 N–H and O–H groups in total. The van der Waals surface area contributed by atoms with E-state index < -0.39 is 0 Å². The minimum Gasteiger partial charge on any atom is -0.469 e. The number of carbonyl (C=O) groups excluding carboxylic acids is 1. The number of carbonyl (C=O) groups is 1. The van der Waals surface area contributed by atoms with Crippen LogP contribution in [0.3, 0.4) is 0 Å². The highest BCUT2D eigenvalue weighted by molar-refractivity contribution is 5.69. The van der Waals surface area contributed by atoms with E-state index >= 15 is 0 Å². The maximum Gasteiger partial charge on any atom is 0.305 e. The van der Waals surface area contributed by atoms with Crippen molar-refractivity contribution in [3.63, 3.8) is 0 Å². The van der Waals surface area contributed by atoms with E-state index in [-0.39, 0.29) is 24.1 Å². The lowest BCUT2D eigenvalue weighted by Gasteiger charge is -2.19. The highest BCUT2D eigenvalue weighted by atomic mass is 16.5. The Hall–Kier alpha value is -1.13. The molecule has 0 aromatic heterocycles.